The van der Waals surface area contributed by atoms with Crippen molar-refractivity contribution < 1.29 is 0 Å². The summed E-state index contributed by atoms with van der Waals surface area (Å²) in [4.78, 5) is 0. The molecule has 0 nitrogen and oxygen atoms in total. The highest BCUT2D eigenvalue weighted by Crippen LogP contribution is 2.68. The van der Waals surface area contributed by atoms with Crippen molar-refractivity contribution in [2.45, 2.75) is 78.3 Å². The van der Waals surface area contributed by atoms with E-state index in [1.165, 1.54) is 12.8 Å². The molecular weight excluding hydrogens is 223 g/mol. The molecule has 0 heterocycles. The van der Waals surface area contributed by atoms with Crippen LogP contribution in [0.3, 0.4) is 0 Å². The third-order valence-corrected chi connectivity index (χ3v) is 9.72. The molecule has 17 heavy (non-hydrogen) atoms. The predicted octanol–water partition coefficient (Wildman–Crippen LogP) is 5.36. The van der Waals surface area contributed by atoms with Crippen molar-refractivity contribution in [1.29, 1.82) is 0 Å². The Bertz CT molecular complexity index is 271. The molecule has 100 valence electrons. The van der Waals surface area contributed by atoms with Crippen LogP contribution in [0.4, 0.5) is 0 Å². The van der Waals surface area contributed by atoms with Crippen molar-refractivity contribution >= 4 is 7.92 Å². The molecule has 0 aliphatic heterocycles. The van der Waals surface area contributed by atoms with E-state index in [2.05, 4.69) is 48.5 Å². The highest BCUT2D eigenvalue weighted by atomic mass is 31.1. The van der Waals surface area contributed by atoms with Crippen LogP contribution in [0.2, 0.25) is 0 Å². The van der Waals surface area contributed by atoms with Crippen molar-refractivity contribution in [3.63, 3.8) is 0 Å². The average Bonchev–Trinajstić information content (AvgIpc) is 2.18. The van der Waals surface area contributed by atoms with Crippen LogP contribution in [0.1, 0.15) is 61.3 Å². The van der Waals surface area contributed by atoms with Gasteiger partial charge in [-0.3, -0.25) is 0 Å². The number of fused-ring (bicyclic) bond motifs is 2. The summed E-state index contributed by atoms with van der Waals surface area (Å²) in [5.74, 6) is 3.04. The highest BCUT2D eigenvalue weighted by molar-refractivity contribution is 7.59. The standard InChI is InChI=1S/C16H31P/c1-10(2)17(11(3)4)15-9-13-8-14(12(15)5)16(13,6)7/h10-15H,8-9H2,1-7H3. The minimum Gasteiger partial charge on any atom is -0.0980 e. The summed E-state index contributed by atoms with van der Waals surface area (Å²) in [7, 11) is 0.226. The fourth-order valence-corrected chi connectivity index (χ4v) is 8.85. The van der Waals surface area contributed by atoms with Crippen LogP contribution < -0.4 is 0 Å². The Kier molecular flexibility index (Phi) is 3.68. The Morgan fingerprint density at radius 3 is 1.88 bits per heavy atom. The zero-order valence-electron chi connectivity index (χ0n) is 12.8. The SMILES string of the molecule is CC1C(P(C(C)C)C(C)C)CC2CC1C2(C)C. The number of hydrogen-bond acceptors (Lipinski definition) is 0. The highest BCUT2D eigenvalue weighted by Gasteiger charge is 2.57. The quantitative estimate of drug-likeness (QED) is 0.595. The van der Waals surface area contributed by atoms with E-state index in [4.69, 9.17) is 0 Å². The Morgan fingerprint density at radius 1 is 1.00 bits per heavy atom. The predicted molar refractivity (Wildman–Crippen MR) is 80.1 cm³/mol. The molecule has 0 aromatic rings. The smallest absolute Gasteiger partial charge is 0.0173 e. The summed E-state index contributed by atoms with van der Waals surface area (Å²) in [6.07, 6.45) is 3.07. The second-order valence-electron chi connectivity index (χ2n) is 7.66. The van der Waals surface area contributed by atoms with Gasteiger partial charge in [-0.1, -0.05) is 56.4 Å². The monoisotopic (exact) mass is 254 g/mol. The normalized spacial score (nSPS) is 39.9. The zero-order valence-corrected chi connectivity index (χ0v) is 13.7. The van der Waals surface area contributed by atoms with Gasteiger partial charge in [0, 0.05) is 0 Å². The molecule has 0 amide bonds. The van der Waals surface area contributed by atoms with E-state index in [1.54, 1.807) is 0 Å². The lowest BCUT2D eigenvalue weighted by Crippen LogP contribution is -2.56. The first-order valence-electron chi connectivity index (χ1n) is 7.54. The Labute approximate surface area is 110 Å². The summed E-state index contributed by atoms with van der Waals surface area (Å²) in [5.41, 5.74) is 3.54. The van der Waals surface area contributed by atoms with Crippen LogP contribution in [0, 0.1) is 23.2 Å². The first-order valence-corrected chi connectivity index (χ1v) is 9.09. The molecule has 4 atom stereocenters. The van der Waals surface area contributed by atoms with Gasteiger partial charge in [-0.15, -0.1) is 0 Å². The summed E-state index contributed by atoms with van der Waals surface area (Å²) < 4.78 is 0. The maximum Gasteiger partial charge on any atom is -0.0173 e. The second-order valence-corrected chi connectivity index (χ2v) is 11.3. The molecule has 0 saturated heterocycles. The van der Waals surface area contributed by atoms with Crippen molar-refractivity contribution in [2.75, 3.05) is 0 Å². The number of hydrogen-bond donors (Lipinski definition) is 0. The van der Waals surface area contributed by atoms with E-state index in [1.807, 2.05) is 0 Å². The fraction of sp³-hybridized carbons (Fsp3) is 1.00. The van der Waals surface area contributed by atoms with E-state index in [9.17, 15) is 0 Å². The van der Waals surface area contributed by atoms with Crippen LogP contribution in [0.5, 0.6) is 0 Å². The molecule has 3 saturated carbocycles. The molecule has 0 aromatic carbocycles. The summed E-state index contributed by atoms with van der Waals surface area (Å²) >= 11 is 0. The topological polar surface area (TPSA) is 0 Å². The van der Waals surface area contributed by atoms with E-state index in [0.717, 1.165) is 34.7 Å². The first-order chi connectivity index (χ1) is 7.76. The lowest BCUT2D eigenvalue weighted by atomic mass is 9.46. The van der Waals surface area contributed by atoms with Gasteiger partial charge in [0.05, 0.1) is 0 Å². The molecule has 0 N–H and O–H groups in total. The first kappa shape index (κ1) is 13.9. The van der Waals surface area contributed by atoms with Crippen molar-refractivity contribution in [2.24, 2.45) is 23.2 Å². The van der Waals surface area contributed by atoms with E-state index >= 15 is 0 Å². The maximum atomic E-state index is 2.56. The van der Waals surface area contributed by atoms with Gasteiger partial charge in [0.1, 0.15) is 0 Å². The third kappa shape index (κ3) is 2.09. The number of rotatable bonds is 3. The van der Waals surface area contributed by atoms with Gasteiger partial charge in [0.2, 0.25) is 0 Å². The molecule has 3 aliphatic rings. The van der Waals surface area contributed by atoms with Crippen LogP contribution in [0.15, 0.2) is 0 Å². The Morgan fingerprint density at radius 2 is 1.53 bits per heavy atom. The Hall–Kier alpha value is 0.430. The van der Waals surface area contributed by atoms with Crippen LogP contribution >= 0.6 is 7.92 Å². The lowest BCUT2D eigenvalue weighted by Gasteiger charge is -2.64. The largest absolute Gasteiger partial charge is 0.0980 e. The van der Waals surface area contributed by atoms with Crippen LogP contribution in [-0.4, -0.2) is 17.0 Å². The summed E-state index contributed by atoms with van der Waals surface area (Å²) in [6.45, 7) is 17.4. The van der Waals surface area contributed by atoms with Crippen molar-refractivity contribution in [3.05, 3.63) is 0 Å². The zero-order chi connectivity index (χ0) is 13.0. The van der Waals surface area contributed by atoms with Gasteiger partial charge >= 0.3 is 0 Å². The van der Waals surface area contributed by atoms with E-state index in [0.29, 0.717) is 5.41 Å². The molecule has 0 aromatic heterocycles. The van der Waals surface area contributed by atoms with Gasteiger partial charge < -0.3 is 0 Å². The van der Waals surface area contributed by atoms with Crippen molar-refractivity contribution in [1.82, 2.24) is 0 Å². The van der Waals surface area contributed by atoms with E-state index in [-0.39, 0.29) is 7.92 Å². The molecular formula is C16H31P. The van der Waals surface area contributed by atoms with Gasteiger partial charge in [-0.25, -0.2) is 0 Å². The van der Waals surface area contributed by atoms with Gasteiger partial charge in [0.25, 0.3) is 0 Å². The molecule has 0 spiro atoms. The van der Waals surface area contributed by atoms with Gasteiger partial charge in [-0.2, -0.15) is 0 Å². The molecule has 4 unspecified atom stereocenters. The van der Waals surface area contributed by atoms with Gasteiger partial charge in [0.15, 0.2) is 0 Å². The minimum atomic E-state index is 0.226. The van der Waals surface area contributed by atoms with Crippen molar-refractivity contribution in [3.8, 4) is 0 Å². The van der Waals surface area contributed by atoms with Gasteiger partial charge in [-0.05, 0) is 53.0 Å². The molecule has 0 radical (unpaired) electrons. The minimum absolute atomic E-state index is 0.226. The maximum absolute atomic E-state index is 2.56. The Balaban J connectivity index is 2.14. The molecule has 3 aliphatic carbocycles. The lowest BCUT2D eigenvalue weighted by molar-refractivity contribution is -0.0961. The summed E-state index contributed by atoms with van der Waals surface area (Å²) in [6, 6.07) is 0. The van der Waals surface area contributed by atoms with Crippen LogP contribution in [0.25, 0.3) is 0 Å². The molecule has 3 fully saturated rings. The average molecular weight is 254 g/mol. The second kappa shape index (κ2) is 4.52. The third-order valence-electron chi connectivity index (χ3n) is 5.89. The fourth-order valence-electron chi connectivity index (χ4n) is 4.88. The summed E-state index contributed by atoms with van der Waals surface area (Å²) in [5, 5.41) is 0. The van der Waals surface area contributed by atoms with Crippen LogP contribution in [-0.2, 0) is 0 Å². The van der Waals surface area contributed by atoms with E-state index < -0.39 is 0 Å². The molecule has 1 heteroatoms. The molecule has 2 bridgehead atoms. The molecule has 3 rings (SSSR count).